The van der Waals surface area contributed by atoms with Crippen molar-refractivity contribution in [2.45, 2.75) is 31.6 Å². The molecular weight excluding hydrogens is 242 g/mol. The molecule has 4 nitrogen and oxygen atoms in total. The van der Waals surface area contributed by atoms with E-state index in [-0.39, 0.29) is 18.2 Å². The molecule has 1 aliphatic rings. The Morgan fingerprint density at radius 2 is 2.11 bits per heavy atom. The monoisotopic (exact) mass is 261 g/mol. The molecule has 0 saturated heterocycles. The normalized spacial score (nSPS) is 17.0. The SMILES string of the molecule is CN(CCCC(=O)O)C(=O)C1CCc2ccccc21. The number of rotatable bonds is 5. The molecule has 2 rings (SSSR count). The zero-order valence-electron chi connectivity index (χ0n) is 11.1. The summed E-state index contributed by atoms with van der Waals surface area (Å²) in [7, 11) is 1.76. The highest BCUT2D eigenvalue weighted by molar-refractivity contribution is 5.84. The lowest BCUT2D eigenvalue weighted by molar-refractivity contribution is -0.138. The maximum absolute atomic E-state index is 12.4. The number of carbonyl (C=O) groups is 2. The molecule has 0 spiro atoms. The Balaban J connectivity index is 1.95. The van der Waals surface area contributed by atoms with E-state index in [1.807, 2.05) is 18.2 Å². The number of nitrogens with zero attached hydrogens (tertiary/aromatic N) is 1. The molecule has 0 saturated carbocycles. The molecule has 1 unspecified atom stereocenters. The average molecular weight is 261 g/mol. The highest BCUT2D eigenvalue weighted by Gasteiger charge is 2.29. The lowest BCUT2D eigenvalue weighted by Gasteiger charge is -2.21. The second kappa shape index (κ2) is 5.87. The van der Waals surface area contributed by atoms with Crippen LogP contribution in [0.25, 0.3) is 0 Å². The van der Waals surface area contributed by atoms with Crippen LogP contribution in [0.1, 0.15) is 36.3 Å². The first-order chi connectivity index (χ1) is 9.09. The van der Waals surface area contributed by atoms with Crippen LogP contribution in [0.3, 0.4) is 0 Å². The zero-order chi connectivity index (χ0) is 13.8. The quantitative estimate of drug-likeness (QED) is 0.882. The standard InChI is InChI=1S/C15H19NO3/c1-16(10-4-7-14(17)18)15(19)13-9-8-11-5-2-3-6-12(11)13/h2-3,5-6,13H,4,7-10H2,1H3,(H,17,18). The molecule has 0 aliphatic heterocycles. The van der Waals surface area contributed by atoms with Gasteiger partial charge in [-0.05, 0) is 30.4 Å². The number of hydrogen-bond donors (Lipinski definition) is 1. The molecule has 1 N–H and O–H groups in total. The van der Waals surface area contributed by atoms with E-state index >= 15 is 0 Å². The molecule has 0 aromatic heterocycles. The van der Waals surface area contributed by atoms with Crippen LogP contribution in [0.15, 0.2) is 24.3 Å². The van der Waals surface area contributed by atoms with Crippen molar-refractivity contribution in [3.63, 3.8) is 0 Å². The summed E-state index contributed by atoms with van der Waals surface area (Å²) in [4.78, 5) is 24.5. The van der Waals surface area contributed by atoms with Gasteiger partial charge in [0, 0.05) is 20.0 Å². The van der Waals surface area contributed by atoms with Gasteiger partial charge in [-0.3, -0.25) is 9.59 Å². The second-order valence-electron chi connectivity index (χ2n) is 5.05. The summed E-state index contributed by atoms with van der Waals surface area (Å²) in [5.41, 5.74) is 2.40. The fourth-order valence-electron chi connectivity index (χ4n) is 2.66. The molecular formula is C15H19NO3. The topological polar surface area (TPSA) is 57.6 Å². The number of carboxylic acids is 1. The fourth-order valence-corrected chi connectivity index (χ4v) is 2.66. The maximum Gasteiger partial charge on any atom is 0.303 e. The Bertz CT molecular complexity index is 484. The van der Waals surface area contributed by atoms with Crippen molar-refractivity contribution in [1.82, 2.24) is 4.90 Å². The summed E-state index contributed by atoms with van der Waals surface area (Å²) in [6, 6.07) is 8.07. The van der Waals surface area contributed by atoms with E-state index in [4.69, 9.17) is 5.11 Å². The first-order valence-electron chi connectivity index (χ1n) is 6.64. The number of likely N-dealkylation sites (N-methyl/N-ethyl adjacent to an activating group) is 1. The third-order valence-corrected chi connectivity index (χ3v) is 3.69. The molecule has 1 amide bonds. The smallest absolute Gasteiger partial charge is 0.303 e. The molecule has 0 radical (unpaired) electrons. The number of hydrogen-bond acceptors (Lipinski definition) is 2. The first-order valence-corrected chi connectivity index (χ1v) is 6.64. The summed E-state index contributed by atoms with van der Waals surface area (Å²) in [6.07, 6.45) is 2.43. The average Bonchev–Trinajstić information content (AvgIpc) is 2.81. The van der Waals surface area contributed by atoms with Crippen molar-refractivity contribution in [3.05, 3.63) is 35.4 Å². The third kappa shape index (κ3) is 3.13. The van der Waals surface area contributed by atoms with E-state index in [0.717, 1.165) is 18.4 Å². The minimum Gasteiger partial charge on any atom is -0.481 e. The van der Waals surface area contributed by atoms with Crippen molar-refractivity contribution >= 4 is 11.9 Å². The number of amides is 1. The molecule has 0 bridgehead atoms. The summed E-state index contributed by atoms with van der Waals surface area (Å²) < 4.78 is 0. The van der Waals surface area contributed by atoms with Crippen molar-refractivity contribution in [3.8, 4) is 0 Å². The Kier molecular flexibility index (Phi) is 4.20. The largest absolute Gasteiger partial charge is 0.481 e. The minimum atomic E-state index is -0.813. The van der Waals surface area contributed by atoms with Crippen LogP contribution >= 0.6 is 0 Å². The van der Waals surface area contributed by atoms with Gasteiger partial charge in [0.05, 0.1) is 5.92 Å². The molecule has 1 atom stereocenters. The summed E-state index contributed by atoms with van der Waals surface area (Å²) >= 11 is 0. The van der Waals surface area contributed by atoms with Crippen LogP contribution in [0.5, 0.6) is 0 Å². The van der Waals surface area contributed by atoms with Crippen LogP contribution in [0, 0.1) is 0 Å². The predicted molar refractivity (Wildman–Crippen MR) is 72.0 cm³/mol. The second-order valence-corrected chi connectivity index (χ2v) is 5.05. The number of fused-ring (bicyclic) bond motifs is 1. The number of carboxylic acid groups (broad SMARTS) is 1. The number of aryl methyl sites for hydroxylation is 1. The van der Waals surface area contributed by atoms with Crippen LogP contribution in [-0.4, -0.2) is 35.5 Å². The maximum atomic E-state index is 12.4. The highest BCUT2D eigenvalue weighted by Crippen LogP contribution is 2.33. The molecule has 1 aliphatic carbocycles. The summed E-state index contributed by atoms with van der Waals surface area (Å²) in [5.74, 6) is -0.756. The van der Waals surface area contributed by atoms with Crippen LogP contribution in [-0.2, 0) is 16.0 Å². The van der Waals surface area contributed by atoms with Crippen molar-refractivity contribution in [2.75, 3.05) is 13.6 Å². The molecule has 4 heteroatoms. The van der Waals surface area contributed by atoms with E-state index < -0.39 is 5.97 Å². The van der Waals surface area contributed by atoms with Gasteiger partial charge < -0.3 is 10.0 Å². The van der Waals surface area contributed by atoms with Gasteiger partial charge in [-0.15, -0.1) is 0 Å². The highest BCUT2D eigenvalue weighted by atomic mass is 16.4. The number of carbonyl (C=O) groups excluding carboxylic acids is 1. The first kappa shape index (κ1) is 13.6. The molecule has 1 aromatic rings. The van der Waals surface area contributed by atoms with Gasteiger partial charge in [0.15, 0.2) is 0 Å². The van der Waals surface area contributed by atoms with E-state index in [9.17, 15) is 9.59 Å². The zero-order valence-corrected chi connectivity index (χ0v) is 11.1. The summed E-state index contributed by atoms with van der Waals surface area (Å²) in [6.45, 7) is 0.504. The van der Waals surface area contributed by atoms with E-state index in [1.54, 1.807) is 11.9 Å². The van der Waals surface area contributed by atoms with Gasteiger partial charge in [0.25, 0.3) is 0 Å². The Morgan fingerprint density at radius 1 is 1.37 bits per heavy atom. The Labute approximate surface area is 113 Å². The van der Waals surface area contributed by atoms with E-state index in [1.165, 1.54) is 5.56 Å². The molecule has 102 valence electrons. The van der Waals surface area contributed by atoms with Crippen molar-refractivity contribution in [2.24, 2.45) is 0 Å². The van der Waals surface area contributed by atoms with Crippen LogP contribution < -0.4 is 0 Å². The molecule has 19 heavy (non-hydrogen) atoms. The van der Waals surface area contributed by atoms with E-state index in [2.05, 4.69) is 6.07 Å². The number of benzene rings is 1. The van der Waals surface area contributed by atoms with Crippen molar-refractivity contribution < 1.29 is 14.7 Å². The fraction of sp³-hybridized carbons (Fsp3) is 0.467. The Hall–Kier alpha value is -1.84. The molecule has 1 aromatic carbocycles. The number of aliphatic carboxylic acids is 1. The van der Waals surface area contributed by atoms with Crippen LogP contribution in [0.2, 0.25) is 0 Å². The van der Waals surface area contributed by atoms with Gasteiger partial charge in [0.2, 0.25) is 5.91 Å². The van der Waals surface area contributed by atoms with E-state index in [0.29, 0.717) is 13.0 Å². The Morgan fingerprint density at radius 3 is 2.84 bits per heavy atom. The molecule has 0 heterocycles. The predicted octanol–water partition coefficient (Wildman–Crippen LogP) is 2.04. The summed E-state index contributed by atoms with van der Waals surface area (Å²) in [5, 5.41) is 8.60. The van der Waals surface area contributed by atoms with Gasteiger partial charge in [0.1, 0.15) is 0 Å². The third-order valence-electron chi connectivity index (χ3n) is 3.69. The van der Waals surface area contributed by atoms with Gasteiger partial charge >= 0.3 is 5.97 Å². The van der Waals surface area contributed by atoms with Crippen LogP contribution in [0.4, 0.5) is 0 Å². The van der Waals surface area contributed by atoms with Crippen molar-refractivity contribution in [1.29, 1.82) is 0 Å². The van der Waals surface area contributed by atoms with Gasteiger partial charge in [-0.2, -0.15) is 0 Å². The lowest BCUT2D eigenvalue weighted by Crippen LogP contribution is -2.32. The van der Waals surface area contributed by atoms with Gasteiger partial charge in [-0.1, -0.05) is 24.3 Å². The lowest BCUT2D eigenvalue weighted by atomic mass is 10.00. The minimum absolute atomic E-state index is 0.0500. The van der Waals surface area contributed by atoms with Gasteiger partial charge in [-0.25, -0.2) is 0 Å². The molecule has 0 fully saturated rings.